The maximum absolute atomic E-state index is 12.8. The van der Waals surface area contributed by atoms with E-state index in [0.29, 0.717) is 59.4 Å². The number of nitrogens with one attached hydrogen (secondary N) is 1. The minimum Gasteiger partial charge on any atom is -0.466 e. The van der Waals surface area contributed by atoms with Crippen LogP contribution in [0.2, 0.25) is 0 Å². The van der Waals surface area contributed by atoms with Crippen molar-refractivity contribution in [2.24, 2.45) is 46.3 Å². The fourth-order valence-corrected chi connectivity index (χ4v) is 10.4. The molecule has 218 valence electrons. The Morgan fingerprint density at radius 1 is 1.15 bits per heavy atom. The van der Waals surface area contributed by atoms with E-state index in [1.165, 1.54) is 30.6 Å². The number of rotatable bonds is 8. The average Bonchev–Trinajstić information content (AvgIpc) is 3.48. The number of anilines is 1. The van der Waals surface area contributed by atoms with Crippen LogP contribution in [0, 0.1) is 46.3 Å². The standard InChI is InChI=1S/C31H48N2O5S/c1-5-38-28(37)15-20-17-39-29(32-20)33-27(36)11-6-18(2)23-9-10-24-22-8-7-19-14-21(34)12-13-30(19,3)25(22)16-26(35)31(23,24)4/h17-19,21-26,34-35H,5-16H2,1-4H3,(H,32,33,36)/t18-,19-,21-,22+,23-,24+,25+,26+,30+,31-/m1/s1. The van der Waals surface area contributed by atoms with Crippen molar-refractivity contribution >= 4 is 28.3 Å². The van der Waals surface area contributed by atoms with E-state index < -0.39 is 0 Å². The van der Waals surface area contributed by atoms with Gasteiger partial charge in [-0.15, -0.1) is 11.3 Å². The van der Waals surface area contributed by atoms with Gasteiger partial charge in [0.05, 0.1) is 30.9 Å². The molecule has 0 radical (unpaired) electrons. The third kappa shape index (κ3) is 5.42. The number of fused-ring (bicyclic) bond motifs is 5. The van der Waals surface area contributed by atoms with Gasteiger partial charge in [-0.25, -0.2) is 4.98 Å². The fourth-order valence-electron chi connectivity index (χ4n) is 9.71. The number of carbonyl (C=O) groups is 2. The zero-order valence-electron chi connectivity index (χ0n) is 24.2. The van der Waals surface area contributed by atoms with Gasteiger partial charge in [0, 0.05) is 11.8 Å². The fraction of sp³-hybridized carbons (Fsp3) is 0.839. The lowest BCUT2D eigenvalue weighted by atomic mass is 9.43. The number of amides is 1. The molecule has 1 heterocycles. The number of aliphatic hydroxyl groups excluding tert-OH is 2. The predicted molar refractivity (Wildman–Crippen MR) is 152 cm³/mol. The molecule has 0 spiro atoms. The zero-order valence-corrected chi connectivity index (χ0v) is 25.0. The Morgan fingerprint density at radius 3 is 2.72 bits per heavy atom. The Kier molecular flexibility index (Phi) is 8.48. The van der Waals surface area contributed by atoms with Crippen molar-refractivity contribution < 1.29 is 24.5 Å². The van der Waals surface area contributed by atoms with Crippen LogP contribution in [-0.2, 0) is 20.7 Å². The maximum atomic E-state index is 12.8. The molecular formula is C31H48N2O5S. The van der Waals surface area contributed by atoms with Crippen LogP contribution in [0.5, 0.6) is 0 Å². The third-order valence-electron chi connectivity index (χ3n) is 11.8. The molecule has 0 unspecified atom stereocenters. The number of aromatic nitrogens is 1. The molecule has 39 heavy (non-hydrogen) atoms. The summed E-state index contributed by atoms with van der Waals surface area (Å²) in [6.45, 7) is 9.20. The minimum absolute atomic E-state index is 0.0476. The second-order valence-electron chi connectivity index (χ2n) is 13.6. The summed E-state index contributed by atoms with van der Waals surface area (Å²) in [5.41, 5.74) is 0.771. The number of thiazole rings is 1. The van der Waals surface area contributed by atoms with Gasteiger partial charge in [0.2, 0.25) is 5.91 Å². The maximum Gasteiger partial charge on any atom is 0.311 e. The molecule has 0 aromatic carbocycles. The first kappa shape index (κ1) is 29.0. The molecule has 3 N–H and O–H groups in total. The Labute approximate surface area is 237 Å². The number of hydrogen-bond acceptors (Lipinski definition) is 7. The van der Waals surface area contributed by atoms with E-state index in [4.69, 9.17) is 4.74 Å². The molecule has 10 atom stereocenters. The first-order valence-corrected chi connectivity index (χ1v) is 16.2. The zero-order chi connectivity index (χ0) is 27.9. The number of esters is 1. The highest BCUT2D eigenvalue weighted by Crippen LogP contribution is 2.68. The summed E-state index contributed by atoms with van der Waals surface area (Å²) in [7, 11) is 0. The van der Waals surface area contributed by atoms with E-state index in [0.717, 1.165) is 38.5 Å². The average molecular weight is 561 g/mol. The molecule has 4 aliphatic rings. The summed E-state index contributed by atoms with van der Waals surface area (Å²) < 4.78 is 4.98. The monoisotopic (exact) mass is 560 g/mol. The third-order valence-corrected chi connectivity index (χ3v) is 12.6. The number of ether oxygens (including phenoxy) is 1. The van der Waals surface area contributed by atoms with E-state index >= 15 is 0 Å². The number of nitrogens with zero attached hydrogens (tertiary/aromatic N) is 1. The van der Waals surface area contributed by atoms with Gasteiger partial charge < -0.3 is 20.3 Å². The second-order valence-corrected chi connectivity index (χ2v) is 14.4. The highest BCUT2D eigenvalue weighted by atomic mass is 32.1. The van der Waals surface area contributed by atoms with Gasteiger partial charge in [0.25, 0.3) is 0 Å². The number of carbonyl (C=O) groups excluding carboxylic acids is 2. The SMILES string of the molecule is CCOC(=O)Cc1csc(NC(=O)CC[C@@H](C)[C@H]2CC[C@H]3[C@@H]4CC[C@@H]5C[C@H](O)CC[C@]5(C)[C@H]4C[C@H](O)[C@]23C)n1. The Hall–Kier alpha value is -1.51. The molecule has 1 aromatic heterocycles. The largest absolute Gasteiger partial charge is 0.466 e. The van der Waals surface area contributed by atoms with Gasteiger partial charge >= 0.3 is 5.97 Å². The van der Waals surface area contributed by atoms with Crippen LogP contribution in [0.15, 0.2) is 5.38 Å². The van der Waals surface area contributed by atoms with Crippen molar-refractivity contribution in [2.75, 3.05) is 11.9 Å². The summed E-state index contributed by atoms with van der Waals surface area (Å²) in [6, 6.07) is 0. The van der Waals surface area contributed by atoms with Crippen LogP contribution in [-0.4, -0.2) is 45.9 Å². The van der Waals surface area contributed by atoms with E-state index in [2.05, 4.69) is 31.1 Å². The lowest BCUT2D eigenvalue weighted by molar-refractivity contribution is -0.174. The summed E-state index contributed by atoms with van der Waals surface area (Å²) in [5, 5.41) is 27.3. The molecule has 0 aliphatic heterocycles. The van der Waals surface area contributed by atoms with Crippen molar-refractivity contribution in [1.29, 1.82) is 0 Å². The first-order valence-electron chi connectivity index (χ1n) is 15.3. The van der Waals surface area contributed by atoms with Crippen LogP contribution in [0.1, 0.15) is 97.6 Å². The Balaban J connectivity index is 1.18. The summed E-state index contributed by atoms with van der Waals surface area (Å²) in [6.07, 6.45) is 9.48. The molecule has 4 aliphatic carbocycles. The molecule has 7 nitrogen and oxygen atoms in total. The van der Waals surface area contributed by atoms with Crippen LogP contribution in [0.4, 0.5) is 5.13 Å². The highest BCUT2D eigenvalue weighted by Gasteiger charge is 2.63. The van der Waals surface area contributed by atoms with Crippen molar-refractivity contribution in [3.8, 4) is 0 Å². The summed E-state index contributed by atoms with van der Waals surface area (Å²) >= 11 is 1.33. The molecule has 5 rings (SSSR count). The normalized spacial score (nSPS) is 40.2. The van der Waals surface area contributed by atoms with Gasteiger partial charge in [0.1, 0.15) is 0 Å². The lowest BCUT2D eigenvalue weighted by Gasteiger charge is -2.62. The second kappa shape index (κ2) is 11.4. The molecule has 4 fully saturated rings. The van der Waals surface area contributed by atoms with Crippen LogP contribution in [0.3, 0.4) is 0 Å². The van der Waals surface area contributed by atoms with Crippen molar-refractivity contribution in [2.45, 2.75) is 111 Å². The Bertz CT molecular complexity index is 1050. The van der Waals surface area contributed by atoms with E-state index in [1.54, 1.807) is 12.3 Å². The molecule has 4 saturated carbocycles. The van der Waals surface area contributed by atoms with Gasteiger partial charge in [-0.2, -0.15) is 0 Å². The van der Waals surface area contributed by atoms with Gasteiger partial charge in [0.15, 0.2) is 5.13 Å². The summed E-state index contributed by atoms with van der Waals surface area (Å²) in [4.78, 5) is 28.8. The summed E-state index contributed by atoms with van der Waals surface area (Å²) in [5.74, 6) is 2.78. The highest BCUT2D eigenvalue weighted by molar-refractivity contribution is 7.13. The van der Waals surface area contributed by atoms with E-state index in [1.807, 2.05) is 0 Å². The predicted octanol–water partition coefficient (Wildman–Crippen LogP) is 5.59. The number of aliphatic hydroxyl groups is 2. The van der Waals surface area contributed by atoms with Crippen molar-refractivity contribution in [1.82, 2.24) is 4.98 Å². The van der Waals surface area contributed by atoms with Crippen LogP contribution < -0.4 is 5.32 Å². The number of hydrogen-bond donors (Lipinski definition) is 3. The van der Waals surface area contributed by atoms with E-state index in [-0.39, 0.29) is 41.3 Å². The quantitative estimate of drug-likeness (QED) is 0.358. The van der Waals surface area contributed by atoms with Gasteiger partial charge in [-0.3, -0.25) is 9.59 Å². The minimum atomic E-state index is -0.311. The van der Waals surface area contributed by atoms with Gasteiger partial charge in [-0.05, 0) is 111 Å². The van der Waals surface area contributed by atoms with Gasteiger partial charge in [-0.1, -0.05) is 20.8 Å². The molecular weight excluding hydrogens is 512 g/mol. The Morgan fingerprint density at radius 2 is 1.95 bits per heavy atom. The van der Waals surface area contributed by atoms with Crippen molar-refractivity contribution in [3.63, 3.8) is 0 Å². The van der Waals surface area contributed by atoms with E-state index in [9.17, 15) is 19.8 Å². The van der Waals surface area contributed by atoms with Crippen LogP contribution >= 0.6 is 11.3 Å². The smallest absolute Gasteiger partial charge is 0.311 e. The lowest BCUT2D eigenvalue weighted by Crippen LogP contribution is -2.58. The first-order chi connectivity index (χ1) is 18.6. The molecule has 1 amide bonds. The molecule has 8 heteroatoms. The topological polar surface area (TPSA) is 109 Å². The molecule has 0 saturated heterocycles. The molecule has 1 aromatic rings. The molecule has 0 bridgehead atoms. The van der Waals surface area contributed by atoms with Crippen LogP contribution in [0.25, 0.3) is 0 Å². The van der Waals surface area contributed by atoms with Crippen molar-refractivity contribution in [3.05, 3.63) is 11.1 Å².